The van der Waals surface area contributed by atoms with Gasteiger partial charge in [-0.05, 0) is 40.0 Å². The zero-order valence-electron chi connectivity index (χ0n) is 10.8. The Kier molecular flexibility index (Phi) is 5.40. The molecule has 0 N–H and O–H groups in total. The number of benzene rings is 1. The number of aromatic nitrogens is 1. The summed E-state index contributed by atoms with van der Waals surface area (Å²) in [5, 5.41) is 0.918. The van der Waals surface area contributed by atoms with Crippen molar-refractivity contribution in [1.82, 2.24) is 4.98 Å². The summed E-state index contributed by atoms with van der Waals surface area (Å²) in [4.78, 5) is 6.82. The summed E-state index contributed by atoms with van der Waals surface area (Å²) in [6.45, 7) is 3.83. The number of hydrogen-bond acceptors (Lipinski definition) is 2. The zero-order valence-corrected chi connectivity index (χ0v) is 14.0. The molecule has 19 heavy (non-hydrogen) atoms. The summed E-state index contributed by atoms with van der Waals surface area (Å²) in [5.74, 6) is 0.994. The second-order valence-corrected chi connectivity index (χ2v) is 6.06. The van der Waals surface area contributed by atoms with Crippen LogP contribution in [0, 0.1) is 6.92 Å². The van der Waals surface area contributed by atoms with Crippen molar-refractivity contribution in [1.29, 1.82) is 0 Å². The Hall–Kier alpha value is -0.870. The van der Waals surface area contributed by atoms with Crippen molar-refractivity contribution in [2.75, 3.05) is 16.8 Å². The maximum Gasteiger partial charge on any atom is 0.143 e. The van der Waals surface area contributed by atoms with Gasteiger partial charge in [0.05, 0.1) is 4.47 Å². The van der Waals surface area contributed by atoms with Crippen LogP contribution in [0.4, 0.5) is 5.82 Å². The minimum Gasteiger partial charge on any atom is -0.351 e. The van der Waals surface area contributed by atoms with E-state index in [0.717, 1.165) is 34.3 Å². The number of hydrogen-bond donors (Lipinski definition) is 0. The molecule has 2 nitrogen and oxygen atoms in total. The van der Waals surface area contributed by atoms with Gasteiger partial charge in [-0.3, -0.25) is 0 Å². The van der Waals surface area contributed by atoms with Gasteiger partial charge in [-0.2, -0.15) is 0 Å². The molecule has 0 aliphatic heterocycles. The molecule has 0 bridgehead atoms. The Bertz CT molecular complexity index is 529. The van der Waals surface area contributed by atoms with Gasteiger partial charge in [0.15, 0.2) is 0 Å². The van der Waals surface area contributed by atoms with Crippen molar-refractivity contribution in [3.8, 4) is 0 Å². The van der Waals surface area contributed by atoms with Crippen LogP contribution in [0.15, 0.2) is 47.1 Å². The fraction of sp³-hybridized carbons (Fsp3) is 0.267. The molecular formula is C15H16Br2N2. The first-order valence-electron chi connectivity index (χ1n) is 6.17. The zero-order chi connectivity index (χ0) is 13.7. The summed E-state index contributed by atoms with van der Waals surface area (Å²) < 4.78 is 1.05. The first-order chi connectivity index (χ1) is 9.20. The van der Waals surface area contributed by atoms with E-state index in [2.05, 4.69) is 72.1 Å². The van der Waals surface area contributed by atoms with Crippen LogP contribution in [0.25, 0.3) is 0 Å². The van der Waals surface area contributed by atoms with Crippen LogP contribution in [0.5, 0.6) is 0 Å². The number of alkyl halides is 1. The van der Waals surface area contributed by atoms with Crippen LogP contribution in [0.1, 0.15) is 11.1 Å². The molecule has 1 heterocycles. The average Bonchev–Trinajstić information content (AvgIpc) is 2.39. The predicted octanol–water partition coefficient (Wildman–Crippen LogP) is 4.55. The van der Waals surface area contributed by atoms with Gasteiger partial charge in [-0.1, -0.05) is 46.3 Å². The lowest BCUT2D eigenvalue weighted by Crippen LogP contribution is -2.26. The number of rotatable bonds is 5. The second kappa shape index (κ2) is 7.06. The predicted molar refractivity (Wildman–Crippen MR) is 88.0 cm³/mol. The normalized spacial score (nSPS) is 10.5. The van der Waals surface area contributed by atoms with E-state index in [1.807, 2.05) is 19.2 Å². The fourth-order valence-electron chi connectivity index (χ4n) is 1.92. The Morgan fingerprint density at radius 3 is 2.58 bits per heavy atom. The molecule has 0 amide bonds. The molecule has 0 fully saturated rings. The Balaban J connectivity index is 2.24. The highest BCUT2D eigenvalue weighted by Crippen LogP contribution is 2.25. The number of pyridine rings is 1. The van der Waals surface area contributed by atoms with Crippen molar-refractivity contribution in [2.45, 2.75) is 13.5 Å². The third-order valence-corrected chi connectivity index (χ3v) is 3.77. The van der Waals surface area contributed by atoms with Crippen molar-refractivity contribution >= 4 is 37.7 Å². The van der Waals surface area contributed by atoms with Gasteiger partial charge < -0.3 is 4.90 Å². The van der Waals surface area contributed by atoms with Crippen molar-refractivity contribution < 1.29 is 0 Å². The van der Waals surface area contributed by atoms with E-state index >= 15 is 0 Å². The van der Waals surface area contributed by atoms with Gasteiger partial charge in [0.1, 0.15) is 5.82 Å². The van der Waals surface area contributed by atoms with Crippen LogP contribution in [-0.2, 0) is 6.54 Å². The van der Waals surface area contributed by atoms with Crippen LogP contribution < -0.4 is 4.90 Å². The molecule has 1 aromatic carbocycles. The van der Waals surface area contributed by atoms with Crippen molar-refractivity contribution in [3.63, 3.8) is 0 Å². The van der Waals surface area contributed by atoms with Gasteiger partial charge in [0, 0.05) is 24.6 Å². The molecule has 0 radical (unpaired) electrons. The highest BCUT2D eigenvalue weighted by molar-refractivity contribution is 9.10. The molecule has 100 valence electrons. The minimum absolute atomic E-state index is 0.862. The molecule has 0 unspecified atom stereocenters. The lowest BCUT2D eigenvalue weighted by molar-refractivity contribution is 0.817. The second-order valence-electron chi connectivity index (χ2n) is 4.41. The quantitative estimate of drug-likeness (QED) is 0.704. The highest BCUT2D eigenvalue weighted by Gasteiger charge is 2.11. The minimum atomic E-state index is 0.862. The van der Waals surface area contributed by atoms with Crippen LogP contribution >= 0.6 is 31.9 Å². The summed E-state index contributed by atoms with van der Waals surface area (Å²) in [7, 11) is 0. The van der Waals surface area contributed by atoms with Crippen LogP contribution in [0.2, 0.25) is 0 Å². The lowest BCUT2D eigenvalue weighted by atomic mass is 10.2. The van der Waals surface area contributed by atoms with Gasteiger partial charge >= 0.3 is 0 Å². The molecule has 0 aliphatic carbocycles. The van der Waals surface area contributed by atoms with E-state index in [-0.39, 0.29) is 0 Å². The Labute approximate surface area is 131 Å². The molecule has 2 rings (SSSR count). The van der Waals surface area contributed by atoms with E-state index in [9.17, 15) is 0 Å². The van der Waals surface area contributed by atoms with Gasteiger partial charge in [0.2, 0.25) is 0 Å². The van der Waals surface area contributed by atoms with Crippen molar-refractivity contribution in [2.24, 2.45) is 0 Å². The molecule has 0 atom stereocenters. The third kappa shape index (κ3) is 4.05. The summed E-state index contributed by atoms with van der Waals surface area (Å²) in [6, 6.07) is 12.6. The molecule has 2 aromatic rings. The Morgan fingerprint density at radius 2 is 1.95 bits per heavy atom. The summed E-state index contributed by atoms with van der Waals surface area (Å²) >= 11 is 7.13. The molecule has 4 heteroatoms. The number of anilines is 1. The smallest absolute Gasteiger partial charge is 0.143 e. The van der Waals surface area contributed by atoms with E-state index in [1.54, 1.807) is 0 Å². The van der Waals surface area contributed by atoms with Gasteiger partial charge in [-0.15, -0.1) is 0 Å². The number of nitrogens with zero attached hydrogens (tertiary/aromatic N) is 2. The SMILES string of the molecule is Cc1cnc(N(CCBr)Cc2ccccc2)c(Br)c1. The van der Waals surface area contributed by atoms with Gasteiger partial charge in [0.25, 0.3) is 0 Å². The fourth-order valence-corrected chi connectivity index (χ4v) is 3.07. The first kappa shape index (κ1) is 14.5. The van der Waals surface area contributed by atoms with Crippen LogP contribution in [-0.4, -0.2) is 16.9 Å². The summed E-state index contributed by atoms with van der Waals surface area (Å²) in [5.41, 5.74) is 2.45. The van der Waals surface area contributed by atoms with E-state index < -0.39 is 0 Å². The number of aryl methyl sites for hydroxylation is 1. The molecule has 0 saturated heterocycles. The summed E-state index contributed by atoms with van der Waals surface area (Å²) in [6.07, 6.45) is 1.91. The van der Waals surface area contributed by atoms with E-state index in [1.165, 1.54) is 5.56 Å². The maximum absolute atomic E-state index is 4.55. The van der Waals surface area contributed by atoms with Crippen molar-refractivity contribution in [3.05, 3.63) is 58.2 Å². The topological polar surface area (TPSA) is 16.1 Å². The average molecular weight is 384 g/mol. The molecule has 1 aromatic heterocycles. The standard InChI is InChI=1S/C15H16Br2N2/c1-12-9-14(17)15(18-10-12)19(8-7-16)11-13-5-3-2-4-6-13/h2-6,9-10H,7-8,11H2,1H3. The Morgan fingerprint density at radius 1 is 1.21 bits per heavy atom. The maximum atomic E-state index is 4.55. The van der Waals surface area contributed by atoms with E-state index in [0.29, 0.717) is 0 Å². The van der Waals surface area contributed by atoms with E-state index in [4.69, 9.17) is 0 Å². The largest absolute Gasteiger partial charge is 0.351 e. The lowest BCUT2D eigenvalue weighted by Gasteiger charge is -2.24. The molecule has 0 aliphatic rings. The highest BCUT2D eigenvalue weighted by atomic mass is 79.9. The van der Waals surface area contributed by atoms with Gasteiger partial charge in [-0.25, -0.2) is 4.98 Å². The van der Waals surface area contributed by atoms with Crippen LogP contribution in [0.3, 0.4) is 0 Å². The molecule has 0 spiro atoms. The monoisotopic (exact) mass is 382 g/mol. The third-order valence-electron chi connectivity index (χ3n) is 2.83. The molecule has 0 saturated carbocycles. The first-order valence-corrected chi connectivity index (χ1v) is 8.09. The number of halogens is 2. The molecular weight excluding hydrogens is 368 g/mol.